The van der Waals surface area contributed by atoms with Crippen molar-refractivity contribution in [3.63, 3.8) is 0 Å². The van der Waals surface area contributed by atoms with E-state index >= 15 is 0 Å². The van der Waals surface area contributed by atoms with Gasteiger partial charge in [0.15, 0.2) is 0 Å². The Morgan fingerprint density at radius 3 is 1.49 bits per heavy atom. The van der Waals surface area contributed by atoms with Gasteiger partial charge in [0.25, 0.3) is 0 Å². The smallest absolute Gasteiger partial charge is 0.330 e. The number of carbonyl (C=O) groups excluding carboxylic acids is 2. The Hall–Kier alpha value is -3.14. The molecular weight excluding hydrogens is 460 g/mol. The molecule has 0 saturated heterocycles. The second-order valence-electron chi connectivity index (χ2n) is 10.0. The molecule has 198 valence electrons. The molecule has 0 aliphatic heterocycles. The van der Waals surface area contributed by atoms with E-state index in [-0.39, 0.29) is 17.4 Å². The van der Waals surface area contributed by atoms with Crippen molar-refractivity contribution >= 4 is 24.1 Å². The number of rotatable bonds is 14. The molecule has 0 heterocycles. The van der Waals surface area contributed by atoms with Gasteiger partial charge in [0.1, 0.15) is 0 Å². The van der Waals surface area contributed by atoms with Gasteiger partial charge in [-0.1, -0.05) is 102 Å². The molecule has 0 saturated carbocycles. The van der Waals surface area contributed by atoms with Crippen LogP contribution >= 0.6 is 0 Å². The third-order valence-corrected chi connectivity index (χ3v) is 7.55. The molecule has 0 radical (unpaired) electrons. The molecule has 3 rings (SSSR count). The van der Waals surface area contributed by atoms with Gasteiger partial charge in [0.05, 0.1) is 14.2 Å². The van der Waals surface area contributed by atoms with Crippen molar-refractivity contribution in [1.29, 1.82) is 0 Å². The van der Waals surface area contributed by atoms with Crippen LogP contribution < -0.4 is 0 Å². The van der Waals surface area contributed by atoms with Crippen molar-refractivity contribution in [2.24, 2.45) is 0 Å². The first kappa shape index (κ1) is 28.4. The van der Waals surface area contributed by atoms with E-state index in [1.807, 2.05) is 12.2 Å². The molecule has 1 aliphatic carbocycles. The van der Waals surface area contributed by atoms with Crippen LogP contribution in [-0.2, 0) is 24.5 Å². The summed E-state index contributed by atoms with van der Waals surface area (Å²) >= 11 is 0. The molecule has 2 aromatic rings. The van der Waals surface area contributed by atoms with Crippen LogP contribution in [0.2, 0.25) is 0 Å². The highest BCUT2D eigenvalue weighted by Gasteiger charge is 2.42. The number of esters is 2. The normalized spacial score (nSPS) is 13.6. The summed E-state index contributed by atoms with van der Waals surface area (Å²) in [6.45, 7) is 4.50. The van der Waals surface area contributed by atoms with E-state index < -0.39 is 0 Å². The fourth-order valence-corrected chi connectivity index (χ4v) is 5.57. The van der Waals surface area contributed by atoms with Crippen molar-refractivity contribution in [2.75, 3.05) is 14.2 Å². The highest BCUT2D eigenvalue weighted by atomic mass is 16.5. The second kappa shape index (κ2) is 14.0. The zero-order valence-electron chi connectivity index (χ0n) is 23.0. The number of unbranched alkanes of at least 4 members (excludes halogenated alkanes) is 6. The van der Waals surface area contributed by atoms with Gasteiger partial charge in [-0.25, -0.2) is 9.59 Å². The highest BCUT2D eigenvalue weighted by Crippen LogP contribution is 2.54. The van der Waals surface area contributed by atoms with Crippen molar-refractivity contribution in [1.82, 2.24) is 0 Å². The quantitative estimate of drug-likeness (QED) is 0.148. The summed E-state index contributed by atoms with van der Waals surface area (Å²) in [5, 5.41) is 0. The SMILES string of the molecule is CCCCCCC1(CCCCCC)c2cc(/C=C/C(=O)OC)ccc2-c2ccc(/C=C/C(=O)OC)cc21. The number of fused-ring (bicyclic) bond motifs is 3. The lowest BCUT2D eigenvalue weighted by Crippen LogP contribution is -2.25. The van der Waals surface area contributed by atoms with Gasteiger partial charge < -0.3 is 9.47 Å². The van der Waals surface area contributed by atoms with Gasteiger partial charge in [0, 0.05) is 17.6 Å². The molecule has 0 amide bonds. The van der Waals surface area contributed by atoms with Crippen LogP contribution in [0.4, 0.5) is 0 Å². The predicted octanol–water partition coefficient (Wildman–Crippen LogP) is 8.27. The van der Waals surface area contributed by atoms with E-state index in [2.05, 4.69) is 50.2 Å². The van der Waals surface area contributed by atoms with E-state index in [0.717, 1.165) is 24.0 Å². The van der Waals surface area contributed by atoms with Crippen LogP contribution in [0.3, 0.4) is 0 Å². The zero-order valence-corrected chi connectivity index (χ0v) is 23.0. The topological polar surface area (TPSA) is 52.6 Å². The fraction of sp³-hybridized carbons (Fsp3) is 0.455. The summed E-state index contributed by atoms with van der Waals surface area (Å²) < 4.78 is 9.61. The lowest BCUT2D eigenvalue weighted by Gasteiger charge is -2.33. The minimum absolute atomic E-state index is 0.0869. The van der Waals surface area contributed by atoms with Crippen molar-refractivity contribution in [2.45, 2.75) is 83.5 Å². The first-order valence-electron chi connectivity index (χ1n) is 13.8. The summed E-state index contributed by atoms with van der Waals surface area (Å²) in [6.07, 6.45) is 18.6. The molecule has 0 unspecified atom stereocenters. The number of methoxy groups -OCH3 is 2. The van der Waals surface area contributed by atoms with Gasteiger partial charge >= 0.3 is 11.9 Å². The lowest BCUT2D eigenvalue weighted by atomic mass is 9.70. The molecule has 0 N–H and O–H groups in total. The van der Waals surface area contributed by atoms with E-state index in [0.29, 0.717) is 0 Å². The minimum atomic E-state index is -0.351. The van der Waals surface area contributed by atoms with Crippen LogP contribution in [0.15, 0.2) is 48.6 Å². The largest absolute Gasteiger partial charge is 0.466 e. The number of benzene rings is 2. The maximum Gasteiger partial charge on any atom is 0.330 e. The number of hydrogen-bond acceptors (Lipinski definition) is 4. The Labute approximate surface area is 222 Å². The van der Waals surface area contributed by atoms with Crippen molar-refractivity contribution in [3.8, 4) is 11.1 Å². The number of carbonyl (C=O) groups is 2. The fourth-order valence-electron chi connectivity index (χ4n) is 5.57. The maximum atomic E-state index is 11.8. The number of ether oxygens (including phenoxy) is 2. The van der Waals surface area contributed by atoms with E-state index in [9.17, 15) is 9.59 Å². The molecule has 0 fully saturated rings. The van der Waals surface area contributed by atoms with Crippen LogP contribution in [0.25, 0.3) is 23.3 Å². The molecule has 4 heteroatoms. The zero-order chi connectivity index (χ0) is 26.7. The van der Waals surface area contributed by atoms with E-state index in [1.54, 1.807) is 0 Å². The molecule has 0 spiro atoms. The van der Waals surface area contributed by atoms with Crippen molar-refractivity contribution < 1.29 is 19.1 Å². The van der Waals surface area contributed by atoms with Gasteiger partial charge in [-0.2, -0.15) is 0 Å². The summed E-state index contributed by atoms with van der Waals surface area (Å²) in [5.41, 5.74) is 7.20. The van der Waals surface area contributed by atoms with Gasteiger partial charge in [-0.3, -0.25) is 0 Å². The van der Waals surface area contributed by atoms with E-state index in [1.165, 1.54) is 100.0 Å². The Morgan fingerprint density at radius 1 is 0.676 bits per heavy atom. The molecule has 1 aliphatic rings. The van der Waals surface area contributed by atoms with Gasteiger partial charge in [0.2, 0.25) is 0 Å². The lowest BCUT2D eigenvalue weighted by molar-refractivity contribution is -0.135. The molecule has 2 aromatic carbocycles. The summed E-state index contributed by atoms with van der Waals surface area (Å²) in [4.78, 5) is 23.5. The van der Waals surface area contributed by atoms with E-state index in [4.69, 9.17) is 9.47 Å². The van der Waals surface area contributed by atoms with Gasteiger partial charge in [-0.05, 0) is 58.4 Å². The average Bonchev–Trinajstić information content (AvgIpc) is 3.19. The summed E-state index contributed by atoms with van der Waals surface area (Å²) in [7, 11) is 2.80. The molecular formula is C33H42O4. The van der Waals surface area contributed by atoms with Crippen LogP contribution in [0.1, 0.15) is 100 Å². The maximum absolute atomic E-state index is 11.8. The standard InChI is InChI=1S/C33H42O4/c1-5-7-9-11-21-33(22-12-10-8-6-2)29-23-25(15-19-31(34)36-3)13-17-27(29)28-18-14-26(24-30(28)33)16-20-32(35)37-4/h13-20,23-24H,5-12,21-22H2,1-4H3/b19-15+,20-16+. The number of hydrogen-bond donors (Lipinski definition) is 0. The molecule has 37 heavy (non-hydrogen) atoms. The van der Waals surface area contributed by atoms with Crippen LogP contribution in [0, 0.1) is 0 Å². The third kappa shape index (κ3) is 7.00. The Balaban J connectivity index is 2.12. The van der Waals surface area contributed by atoms with Crippen molar-refractivity contribution in [3.05, 3.63) is 70.8 Å². The predicted molar refractivity (Wildman–Crippen MR) is 152 cm³/mol. The first-order valence-corrected chi connectivity index (χ1v) is 13.8. The molecule has 4 nitrogen and oxygen atoms in total. The Bertz CT molecular complexity index is 1040. The monoisotopic (exact) mass is 502 g/mol. The minimum Gasteiger partial charge on any atom is -0.466 e. The first-order chi connectivity index (χ1) is 18.0. The van der Waals surface area contributed by atoms with Crippen LogP contribution in [-0.4, -0.2) is 26.2 Å². The van der Waals surface area contributed by atoms with Gasteiger partial charge in [-0.15, -0.1) is 0 Å². The molecule has 0 aromatic heterocycles. The summed E-state index contributed by atoms with van der Waals surface area (Å²) in [5.74, 6) is -0.701. The third-order valence-electron chi connectivity index (χ3n) is 7.55. The molecule has 0 atom stereocenters. The summed E-state index contributed by atoms with van der Waals surface area (Å²) in [6, 6.07) is 13.1. The average molecular weight is 503 g/mol. The highest BCUT2D eigenvalue weighted by molar-refractivity contribution is 5.89. The second-order valence-corrected chi connectivity index (χ2v) is 10.0. The van der Waals surface area contributed by atoms with Crippen LogP contribution in [0.5, 0.6) is 0 Å². The Kier molecular flexibility index (Phi) is 10.7. The molecule has 0 bridgehead atoms. The Morgan fingerprint density at radius 2 is 1.11 bits per heavy atom.